The topological polar surface area (TPSA) is 20.3 Å². The molecule has 4 bridgehead atoms. The van der Waals surface area contributed by atoms with Gasteiger partial charge in [-0.1, -0.05) is 12.8 Å². The Hall–Kier alpha value is -0.370. The maximum Gasteiger partial charge on any atom is 0.152 e. The molecule has 0 N–H and O–H groups in total. The molecule has 0 amide bonds. The third-order valence-electron chi connectivity index (χ3n) is 6.51. The number of hydrogen-bond donors (Lipinski definition) is 0. The Morgan fingerprint density at radius 1 is 0.947 bits per heavy atom. The molecule has 5 aliphatic rings. The number of likely N-dealkylation sites (tertiary alicyclic amines) is 1. The maximum atomic E-state index is 13.0. The van der Waals surface area contributed by atoms with Crippen LogP contribution in [0, 0.1) is 23.2 Å². The van der Waals surface area contributed by atoms with Gasteiger partial charge in [0.05, 0.1) is 6.54 Å². The molecule has 2 atom stereocenters. The Kier molecular flexibility index (Phi) is 2.98. The predicted octanol–water partition coefficient (Wildman–Crippen LogP) is 3.26. The number of fused-ring (bicyclic) bond motifs is 1. The fraction of sp³-hybridized carbons (Fsp3) is 0.941. The van der Waals surface area contributed by atoms with Gasteiger partial charge in [0.15, 0.2) is 5.78 Å². The summed E-state index contributed by atoms with van der Waals surface area (Å²) in [6, 6.07) is 0. The summed E-state index contributed by atoms with van der Waals surface area (Å²) >= 11 is 0. The summed E-state index contributed by atoms with van der Waals surface area (Å²) < 4.78 is 0. The first-order valence-electron chi connectivity index (χ1n) is 8.49. The van der Waals surface area contributed by atoms with Gasteiger partial charge in [-0.15, -0.1) is 0 Å². The molecule has 0 spiro atoms. The molecule has 19 heavy (non-hydrogen) atoms. The van der Waals surface area contributed by atoms with E-state index in [-0.39, 0.29) is 5.41 Å². The van der Waals surface area contributed by atoms with Crippen molar-refractivity contribution in [3.63, 3.8) is 0 Å². The monoisotopic (exact) mass is 261 g/mol. The second-order valence-electron chi connectivity index (χ2n) is 7.95. The average molecular weight is 261 g/mol. The summed E-state index contributed by atoms with van der Waals surface area (Å²) in [6.45, 7) is 3.10. The minimum atomic E-state index is 0.121. The standard InChI is InChI=1S/C17H27NO/c19-16(12-18-5-1-2-6-18)17-9-13-3-4-14(10-17)8-15(7-13)11-17/h13-15H,1-12H2/t13-,14-,15?,17?/m1/s1. The van der Waals surface area contributed by atoms with Crippen LogP contribution in [-0.4, -0.2) is 30.3 Å². The third kappa shape index (κ3) is 2.16. The van der Waals surface area contributed by atoms with Gasteiger partial charge in [-0.05, 0) is 75.8 Å². The number of rotatable bonds is 3. The molecule has 2 nitrogen and oxygen atoms in total. The van der Waals surface area contributed by atoms with Crippen molar-refractivity contribution >= 4 is 5.78 Å². The van der Waals surface area contributed by atoms with Crippen LogP contribution in [0.15, 0.2) is 0 Å². The van der Waals surface area contributed by atoms with Crippen molar-refractivity contribution in [1.82, 2.24) is 4.90 Å². The lowest BCUT2D eigenvalue weighted by molar-refractivity contribution is -0.137. The van der Waals surface area contributed by atoms with E-state index in [0.29, 0.717) is 5.78 Å². The average Bonchev–Trinajstić information content (AvgIpc) is 2.79. The molecule has 0 unspecified atom stereocenters. The molecule has 0 aromatic rings. The number of hydrogen-bond acceptors (Lipinski definition) is 2. The Bertz CT molecular complexity index is 355. The quantitative estimate of drug-likeness (QED) is 0.777. The highest BCUT2D eigenvalue weighted by Gasteiger charge is 2.52. The fourth-order valence-corrected chi connectivity index (χ4v) is 5.84. The van der Waals surface area contributed by atoms with E-state index >= 15 is 0 Å². The van der Waals surface area contributed by atoms with E-state index in [1.807, 2.05) is 0 Å². The van der Waals surface area contributed by atoms with Crippen LogP contribution in [-0.2, 0) is 4.79 Å². The maximum absolute atomic E-state index is 13.0. The third-order valence-corrected chi connectivity index (χ3v) is 6.51. The first-order chi connectivity index (χ1) is 9.23. The van der Waals surface area contributed by atoms with E-state index in [1.165, 1.54) is 57.8 Å². The summed E-state index contributed by atoms with van der Waals surface area (Å²) in [7, 11) is 0. The molecule has 4 saturated carbocycles. The van der Waals surface area contributed by atoms with Crippen LogP contribution in [0.3, 0.4) is 0 Å². The summed E-state index contributed by atoms with van der Waals surface area (Å²) in [5.41, 5.74) is 0.121. The Balaban J connectivity index is 1.53. The number of nitrogens with zero attached hydrogens (tertiary/aromatic N) is 1. The van der Waals surface area contributed by atoms with E-state index < -0.39 is 0 Å². The van der Waals surface area contributed by atoms with Crippen molar-refractivity contribution in [3.8, 4) is 0 Å². The van der Waals surface area contributed by atoms with E-state index in [9.17, 15) is 4.79 Å². The Morgan fingerprint density at radius 2 is 1.53 bits per heavy atom. The van der Waals surface area contributed by atoms with Crippen LogP contribution >= 0.6 is 0 Å². The van der Waals surface area contributed by atoms with Gasteiger partial charge in [-0.3, -0.25) is 9.69 Å². The Labute approximate surface area is 116 Å². The minimum absolute atomic E-state index is 0.121. The molecular formula is C17H27NO. The molecule has 1 heterocycles. The molecular weight excluding hydrogens is 234 g/mol. The number of carbonyl (C=O) groups is 1. The molecule has 0 aromatic heterocycles. The van der Waals surface area contributed by atoms with Gasteiger partial charge < -0.3 is 0 Å². The summed E-state index contributed by atoms with van der Waals surface area (Å²) in [5, 5.41) is 0. The Morgan fingerprint density at radius 3 is 2.16 bits per heavy atom. The van der Waals surface area contributed by atoms with Crippen LogP contribution in [0.1, 0.15) is 57.8 Å². The highest BCUT2D eigenvalue weighted by molar-refractivity contribution is 5.87. The molecule has 1 aliphatic heterocycles. The first-order valence-corrected chi connectivity index (χ1v) is 8.49. The predicted molar refractivity (Wildman–Crippen MR) is 75.9 cm³/mol. The zero-order valence-electron chi connectivity index (χ0n) is 12.1. The zero-order chi connectivity index (χ0) is 12.9. The smallest absolute Gasteiger partial charge is 0.152 e. The van der Waals surface area contributed by atoms with Crippen molar-refractivity contribution in [2.24, 2.45) is 23.2 Å². The van der Waals surface area contributed by atoms with Crippen LogP contribution in [0.5, 0.6) is 0 Å². The number of Topliss-reactive ketones (excluding diaryl/α,β-unsaturated/α-hetero) is 1. The van der Waals surface area contributed by atoms with E-state index in [0.717, 1.165) is 37.4 Å². The number of ketones is 1. The molecule has 4 aliphatic carbocycles. The molecule has 0 aromatic carbocycles. The van der Waals surface area contributed by atoms with E-state index in [4.69, 9.17) is 0 Å². The van der Waals surface area contributed by atoms with Gasteiger partial charge in [-0.25, -0.2) is 0 Å². The summed E-state index contributed by atoms with van der Waals surface area (Å²) in [6.07, 6.45) is 12.0. The summed E-state index contributed by atoms with van der Waals surface area (Å²) in [4.78, 5) is 15.4. The lowest BCUT2D eigenvalue weighted by Crippen LogP contribution is -2.47. The van der Waals surface area contributed by atoms with E-state index in [1.54, 1.807) is 0 Å². The normalized spacial score (nSPS) is 45.6. The second kappa shape index (κ2) is 4.58. The van der Waals surface area contributed by atoms with Crippen molar-refractivity contribution in [2.75, 3.05) is 19.6 Å². The van der Waals surface area contributed by atoms with Crippen molar-refractivity contribution < 1.29 is 4.79 Å². The van der Waals surface area contributed by atoms with Crippen molar-refractivity contribution in [3.05, 3.63) is 0 Å². The van der Waals surface area contributed by atoms with Gasteiger partial charge in [0.1, 0.15) is 0 Å². The van der Waals surface area contributed by atoms with E-state index in [2.05, 4.69) is 4.90 Å². The second-order valence-corrected chi connectivity index (χ2v) is 7.95. The minimum Gasteiger partial charge on any atom is -0.298 e. The summed E-state index contributed by atoms with van der Waals surface area (Å²) in [5.74, 6) is 3.28. The van der Waals surface area contributed by atoms with Crippen molar-refractivity contribution in [1.29, 1.82) is 0 Å². The van der Waals surface area contributed by atoms with Gasteiger partial charge >= 0.3 is 0 Å². The van der Waals surface area contributed by atoms with Crippen LogP contribution in [0.25, 0.3) is 0 Å². The lowest BCUT2D eigenvalue weighted by Gasteiger charge is -2.47. The van der Waals surface area contributed by atoms with Crippen LogP contribution in [0.2, 0.25) is 0 Å². The molecule has 1 saturated heterocycles. The highest BCUT2D eigenvalue weighted by Crippen LogP contribution is 2.58. The SMILES string of the molecule is O=C(CN1CCCC1)C12CC3C[C@@H](CC[C@H](C3)C1)C2. The number of carbonyl (C=O) groups excluding carboxylic acids is 1. The molecule has 5 fully saturated rings. The van der Waals surface area contributed by atoms with Crippen molar-refractivity contribution in [2.45, 2.75) is 57.8 Å². The molecule has 5 rings (SSSR count). The van der Waals surface area contributed by atoms with Gasteiger partial charge in [0, 0.05) is 5.41 Å². The first kappa shape index (κ1) is 12.4. The molecule has 0 radical (unpaired) electrons. The highest BCUT2D eigenvalue weighted by atomic mass is 16.1. The molecule has 106 valence electrons. The van der Waals surface area contributed by atoms with Gasteiger partial charge in [0.2, 0.25) is 0 Å². The molecule has 2 heteroatoms. The fourth-order valence-electron chi connectivity index (χ4n) is 5.84. The van der Waals surface area contributed by atoms with Gasteiger partial charge in [0.25, 0.3) is 0 Å². The van der Waals surface area contributed by atoms with Crippen LogP contribution in [0.4, 0.5) is 0 Å². The van der Waals surface area contributed by atoms with Gasteiger partial charge in [-0.2, -0.15) is 0 Å². The lowest BCUT2D eigenvalue weighted by atomic mass is 9.57. The van der Waals surface area contributed by atoms with Crippen LogP contribution < -0.4 is 0 Å². The largest absolute Gasteiger partial charge is 0.298 e. The zero-order valence-corrected chi connectivity index (χ0v) is 12.1.